The van der Waals surface area contributed by atoms with Crippen molar-refractivity contribution in [1.82, 2.24) is 9.71 Å². The molecule has 2 aromatic rings. The Morgan fingerprint density at radius 1 is 1.11 bits per heavy atom. The van der Waals surface area contributed by atoms with E-state index < -0.39 is 21.3 Å². The zero-order chi connectivity index (χ0) is 20.3. The second-order valence-electron chi connectivity index (χ2n) is 7.34. The highest BCUT2D eigenvalue weighted by Crippen LogP contribution is 2.25. The van der Waals surface area contributed by atoms with Crippen molar-refractivity contribution in [2.45, 2.75) is 31.2 Å². The quantitative estimate of drug-likeness (QED) is 0.761. The molecule has 28 heavy (non-hydrogen) atoms. The predicted octanol–water partition coefficient (Wildman–Crippen LogP) is 2.29. The van der Waals surface area contributed by atoms with Gasteiger partial charge in [0.05, 0.1) is 24.5 Å². The van der Waals surface area contributed by atoms with E-state index in [1.165, 1.54) is 0 Å². The van der Waals surface area contributed by atoms with Gasteiger partial charge in [0.1, 0.15) is 17.7 Å². The third kappa shape index (κ3) is 4.81. The maximum absolute atomic E-state index is 12.1. The Morgan fingerprint density at radius 3 is 2.36 bits per heavy atom. The topological polar surface area (TPSA) is 80.8 Å². The molecular weight excluding hydrogens is 378 g/mol. The highest BCUT2D eigenvalue weighted by atomic mass is 32.2. The van der Waals surface area contributed by atoms with Crippen LogP contribution in [0, 0.1) is 0 Å². The van der Waals surface area contributed by atoms with E-state index in [2.05, 4.69) is 9.71 Å². The molecule has 3 rings (SSSR count). The van der Waals surface area contributed by atoms with Crippen LogP contribution in [0.5, 0.6) is 5.75 Å². The number of ether oxygens (including phenoxy) is 2. The molecule has 1 saturated heterocycles. The first-order valence-electron chi connectivity index (χ1n) is 9.25. The van der Waals surface area contributed by atoms with E-state index in [1.807, 2.05) is 61.6 Å². The summed E-state index contributed by atoms with van der Waals surface area (Å²) in [7, 11) is 0.528. The van der Waals surface area contributed by atoms with E-state index in [4.69, 9.17) is 9.47 Å². The van der Waals surface area contributed by atoms with Gasteiger partial charge in [0.25, 0.3) is 0 Å². The second-order valence-corrected chi connectivity index (χ2v) is 9.60. The van der Waals surface area contributed by atoms with Gasteiger partial charge in [-0.05, 0) is 43.7 Å². The molecule has 0 spiro atoms. The Hall–Kier alpha value is -2.16. The van der Waals surface area contributed by atoms with Crippen LogP contribution in [0.4, 0.5) is 5.82 Å². The lowest BCUT2D eigenvalue weighted by atomic mass is 10.1. The highest BCUT2D eigenvalue weighted by Gasteiger charge is 2.34. The molecule has 7 nitrogen and oxygen atoms in total. The molecule has 0 aliphatic carbocycles. The number of hydrogen-bond donors (Lipinski definition) is 1. The molecule has 0 bridgehead atoms. The first kappa shape index (κ1) is 20.6. The summed E-state index contributed by atoms with van der Waals surface area (Å²) in [6.07, 6.45) is 1.48. The molecule has 2 atom stereocenters. The molecule has 1 fully saturated rings. The van der Waals surface area contributed by atoms with E-state index in [-0.39, 0.29) is 6.10 Å². The van der Waals surface area contributed by atoms with E-state index >= 15 is 0 Å². The Balaban J connectivity index is 1.66. The zero-order valence-corrected chi connectivity index (χ0v) is 17.4. The smallest absolute Gasteiger partial charge is 0.214 e. The van der Waals surface area contributed by atoms with Crippen LogP contribution in [0.15, 0.2) is 42.6 Å². The molecule has 1 N–H and O–H groups in total. The fourth-order valence-electron chi connectivity index (χ4n) is 2.83. The van der Waals surface area contributed by atoms with Crippen LogP contribution in [0.2, 0.25) is 0 Å². The third-order valence-corrected chi connectivity index (χ3v) is 6.52. The van der Waals surface area contributed by atoms with Gasteiger partial charge < -0.3 is 14.4 Å². The maximum Gasteiger partial charge on any atom is 0.214 e. The minimum Gasteiger partial charge on any atom is -0.486 e. The summed E-state index contributed by atoms with van der Waals surface area (Å²) >= 11 is 0. The lowest BCUT2D eigenvalue weighted by molar-refractivity contribution is 0.140. The number of nitrogens with zero attached hydrogens (tertiary/aromatic N) is 2. The average molecular weight is 406 g/mol. The van der Waals surface area contributed by atoms with Gasteiger partial charge in [0.15, 0.2) is 0 Å². The van der Waals surface area contributed by atoms with Gasteiger partial charge in [0, 0.05) is 25.9 Å². The molecule has 1 aliphatic rings. The molecule has 152 valence electrons. The van der Waals surface area contributed by atoms with Crippen molar-refractivity contribution in [2.24, 2.45) is 0 Å². The van der Waals surface area contributed by atoms with Gasteiger partial charge in [-0.3, -0.25) is 0 Å². The monoisotopic (exact) mass is 405 g/mol. The predicted molar refractivity (Wildman–Crippen MR) is 110 cm³/mol. The standard InChI is InChI=1S/C20H27N3O4S/c1-14(2)28(24,25)22-18-12-26-13-19(18)27-17-8-5-15(6-9-17)16-7-10-20(21-11-16)23(3)4/h5-11,14,18-19,22H,12-13H2,1-4H3. The first-order valence-corrected chi connectivity index (χ1v) is 10.8. The van der Waals surface area contributed by atoms with Crippen molar-refractivity contribution in [3.63, 3.8) is 0 Å². The summed E-state index contributed by atoms with van der Waals surface area (Å²) in [6, 6.07) is 11.3. The van der Waals surface area contributed by atoms with E-state index in [0.717, 1.165) is 16.9 Å². The number of anilines is 1. The van der Waals surface area contributed by atoms with Gasteiger partial charge >= 0.3 is 0 Å². The summed E-state index contributed by atoms with van der Waals surface area (Å²) in [5.74, 6) is 1.57. The van der Waals surface area contributed by atoms with Gasteiger partial charge in [-0.1, -0.05) is 12.1 Å². The summed E-state index contributed by atoms with van der Waals surface area (Å²) in [6.45, 7) is 3.95. The normalized spacial score (nSPS) is 19.8. The van der Waals surface area contributed by atoms with Crippen molar-refractivity contribution in [1.29, 1.82) is 0 Å². The molecule has 1 aromatic heterocycles. The first-order chi connectivity index (χ1) is 13.3. The van der Waals surface area contributed by atoms with Crippen LogP contribution >= 0.6 is 0 Å². The Morgan fingerprint density at radius 2 is 1.79 bits per heavy atom. The summed E-state index contributed by atoms with van der Waals surface area (Å²) in [4.78, 5) is 6.38. The van der Waals surface area contributed by atoms with Crippen molar-refractivity contribution in [2.75, 3.05) is 32.2 Å². The van der Waals surface area contributed by atoms with Gasteiger partial charge in [-0.25, -0.2) is 18.1 Å². The van der Waals surface area contributed by atoms with Gasteiger partial charge in [-0.15, -0.1) is 0 Å². The average Bonchev–Trinajstić information content (AvgIpc) is 3.08. The van der Waals surface area contributed by atoms with Crippen molar-refractivity contribution in [3.05, 3.63) is 42.6 Å². The van der Waals surface area contributed by atoms with Crippen molar-refractivity contribution >= 4 is 15.8 Å². The Labute approximate surface area is 166 Å². The van der Waals surface area contributed by atoms with Crippen LogP contribution in [-0.4, -0.2) is 58.1 Å². The molecule has 2 heterocycles. The molecule has 0 radical (unpaired) electrons. The minimum absolute atomic E-state index is 0.304. The third-order valence-electron chi connectivity index (χ3n) is 4.65. The lowest BCUT2D eigenvalue weighted by Crippen LogP contribution is -2.47. The molecule has 2 unspecified atom stereocenters. The zero-order valence-electron chi connectivity index (χ0n) is 16.6. The molecular formula is C20H27N3O4S. The largest absolute Gasteiger partial charge is 0.486 e. The van der Waals surface area contributed by atoms with Crippen LogP contribution in [0.1, 0.15) is 13.8 Å². The van der Waals surface area contributed by atoms with Crippen molar-refractivity contribution < 1.29 is 17.9 Å². The number of aromatic nitrogens is 1. The second kappa shape index (κ2) is 8.46. The number of sulfonamides is 1. The number of rotatable bonds is 7. The highest BCUT2D eigenvalue weighted by molar-refractivity contribution is 7.90. The lowest BCUT2D eigenvalue weighted by Gasteiger charge is -2.21. The summed E-state index contributed by atoms with van der Waals surface area (Å²) in [5, 5.41) is -0.500. The summed E-state index contributed by atoms with van der Waals surface area (Å²) in [5.41, 5.74) is 2.05. The van der Waals surface area contributed by atoms with E-state index in [1.54, 1.807) is 13.8 Å². The number of pyridine rings is 1. The van der Waals surface area contributed by atoms with Crippen LogP contribution in [0.25, 0.3) is 11.1 Å². The van der Waals surface area contributed by atoms with Crippen LogP contribution in [0.3, 0.4) is 0 Å². The molecule has 1 aromatic carbocycles. The van der Waals surface area contributed by atoms with E-state index in [9.17, 15) is 8.42 Å². The Kier molecular flexibility index (Phi) is 6.22. The molecule has 0 amide bonds. The molecule has 1 aliphatic heterocycles. The van der Waals surface area contributed by atoms with E-state index in [0.29, 0.717) is 19.0 Å². The fourth-order valence-corrected chi connectivity index (χ4v) is 3.74. The number of benzene rings is 1. The minimum atomic E-state index is -3.38. The van der Waals surface area contributed by atoms with Gasteiger partial charge in [-0.2, -0.15) is 0 Å². The molecule has 0 saturated carbocycles. The van der Waals surface area contributed by atoms with Gasteiger partial charge in [0.2, 0.25) is 10.0 Å². The molecule has 8 heteroatoms. The fraction of sp³-hybridized carbons (Fsp3) is 0.450. The SMILES string of the molecule is CC(C)S(=O)(=O)NC1COCC1Oc1ccc(-c2ccc(N(C)C)nc2)cc1. The number of nitrogens with one attached hydrogen (secondary N) is 1. The number of hydrogen-bond acceptors (Lipinski definition) is 6. The van der Waals surface area contributed by atoms with Crippen LogP contribution < -0.4 is 14.4 Å². The summed E-state index contributed by atoms with van der Waals surface area (Å²) < 4.78 is 38.3. The van der Waals surface area contributed by atoms with Crippen LogP contribution in [-0.2, 0) is 14.8 Å². The maximum atomic E-state index is 12.1. The Bertz CT molecular complexity index is 881. The van der Waals surface area contributed by atoms with Crippen molar-refractivity contribution in [3.8, 4) is 16.9 Å².